The Labute approximate surface area is 159 Å². The molecule has 1 amide bonds. The Morgan fingerprint density at radius 1 is 1.07 bits per heavy atom. The molecule has 146 valence electrons. The maximum atomic E-state index is 12.2. The van der Waals surface area contributed by atoms with Gasteiger partial charge in [0.2, 0.25) is 0 Å². The zero-order valence-corrected chi connectivity index (χ0v) is 14.8. The lowest BCUT2D eigenvalue weighted by atomic mass is 10.2. The number of rotatable bonds is 6. The summed E-state index contributed by atoms with van der Waals surface area (Å²) >= 11 is 0. The summed E-state index contributed by atoms with van der Waals surface area (Å²) in [4.78, 5) is 24.2. The molecule has 10 heteroatoms. The number of nitrogens with two attached hydrogens (primary N) is 3. The summed E-state index contributed by atoms with van der Waals surface area (Å²) in [6.07, 6.45) is -0.794. The zero-order valence-electron chi connectivity index (χ0n) is 14.8. The van der Waals surface area contributed by atoms with Crippen LogP contribution in [0.5, 0.6) is 5.75 Å². The lowest BCUT2D eigenvalue weighted by Gasteiger charge is -2.10. The average Bonchev–Trinajstić information content (AvgIpc) is 2.97. The molecule has 2 aromatic carbocycles. The van der Waals surface area contributed by atoms with Crippen molar-refractivity contribution in [3.63, 3.8) is 0 Å². The number of anilines is 4. The highest BCUT2D eigenvalue weighted by Crippen LogP contribution is 2.23. The molecule has 0 saturated heterocycles. The van der Waals surface area contributed by atoms with Gasteiger partial charge in [0.1, 0.15) is 24.7 Å². The van der Waals surface area contributed by atoms with E-state index in [1.807, 2.05) is 6.07 Å². The molecule has 0 saturated carbocycles. The molecule has 0 aliphatic heterocycles. The van der Waals surface area contributed by atoms with Gasteiger partial charge in [-0.15, -0.1) is 0 Å². The third-order valence-corrected chi connectivity index (χ3v) is 3.78. The number of nitrogens with one attached hydrogen (secondary N) is 2. The number of aromatic nitrogens is 2. The minimum atomic E-state index is -0.794. The second-order valence-corrected chi connectivity index (χ2v) is 5.78. The largest absolute Gasteiger partial charge is 0.488 e. The molecular weight excluding hydrogens is 364 g/mol. The highest BCUT2D eigenvalue weighted by Gasteiger charge is 2.15. The summed E-state index contributed by atoms with van der Waals surface area (Å²) < 4.78 is 11.7. The van der Waals surface area contributed by atoms with Crippen LogP contribution in [-0.4, -0.2) is 29.1 Å². The van der Waals surface area contributed by atoms with Crippen molar-refractivity contribution in [2.24, 2.45) is 0 Å². The van der Waals surface area contributed by atoms with Gasteiger partial charge in [0.15, 0.2) is 5.82 Å². The van der Waals surface area contributed by atoms with Crippen LogP contribution in [0.4, 0.5) is 27.7 Å². The van der Waals surface area contributed by atoms with Crippen molar-refractivity contribution in [1.82, 2.24) is 9.78 Å². The van der Waals surface area contributed by atoms with E-state index >= 15 is 0 Å². The van der Waals surface area contributed by atoms with Crippen LogP contribution in [0, 0.1) is 0 Å². The molecule has 8 N–H and O–H groups in total. The normalized spacial score (nSPS) is 10.4. The van der Waals surface area contributed by atoms with Crippen molar-refractivity contribution in [2.75, 3.05) is 35.7 Å². The van der Waals surface area contributed by atoms with E-state index < -0.39 is 11.7 Å². The fraction of sp³-hybridized carbons (Fsp3) is 0.111. The first-order chi connectivity index (χ1) is 13.5. The maximum absolute atomic E-state index is 12.2. The monoisotopic (exact) mass is 384 g/mol. The Kier molecular flexibility index (Phi) is 5.40. The molecule has 3 rings (SSSR count). The third-order valence-electron chi connectivity index (χ3n) is 3.78. The van der Waals surface area contributed by atoms with E-state index in [0.29, 0.717) is 22.8 Å². The van der Waals surface area contributed by atoms with Crippen molar-refractivity contribution in [1.29, 1.82) is 0 Å². The van der Waals surface area contributed by atoms with Gasteiger partial charge in [0, 0.05) is 11.8 Å². The first-order valence-electron chi connectivity index (χ1n) is 8.33. The number of ether oxygens (including phenoxy) is 2. The third kappa shape index (κ3) is 4.18. The van der Waals surface area contributed by atoms with Gasteiger partial charge < -0.3 is 26.7 Å². The van der Waals surface area contributed by atoms with Crippen molar-refractivity contribution < 1.29 is 14.3 Å². The Hall–Kier alpha value is -4.08. The van der Waals surface area contributed by atoms with E-state index in [1.165, 1.54) is 4.68 Å². The number of amides is 1. The fourth-order valence-corrected chi connectivity index (χ4v) is 2.40. The molecule has 10 nitrogen and oxygen atoms in total. The molecule has 0 spiro atoms. The number of nitrogen functional groups attached to an aromatic ring is 3. The van der Waals surface area contributed by atoms with Gasteiger partial charge in [-0.2, -0.15) is 0 Å². The van der Waals surface area contributed by atoms with Crippen LogP contribution in [0.25, 0.3) is 5.69 Å². The second-order valence-electron chi connectivity index (χ2n) is 5.78. The molecule has 0 radical (unpaired) electrons. The molecule has 1 heterocycles. The molecule has 1 aromatic heterocycles. The van der Waals surface area contributed by atoms with Crippen molar-refractivity contribution in [3.8, 4) is 11.4 Å². The highest BCUT2D eigenvalue weighted by atomic mass is 16.6. The summed E-state index contributed by atoms with van der Waals surface area (Å²) in [6.45, 7) is 0.0156. The van der Waals surface area contributed by atoms with Crippen LogP contribution in [0.1, 0.15) is 0 Å². The van der Waals surface area contributed by atoms with E-state index in [9.17, 15) is 9.59 Å². The number of benzene rings is 2. The van der Waals surface area contributed by atoms with E-state index in [-0.39, 0.29) is 24.7 Å². The molecule has 0 bridgehead atoms. The minimum Gasteiger partial charge on any atom is -0.488 e. The fourth-order valence-electron chi connectivity index (χ4n) is 2.40. The van der Waals surface area contributed by atoms with Crippen LogP contribution >= 0.6 is 0 Å². The Morgan fingerprint density at radius 3 is 2.57 bits per heavy atom. The van der Waals surface area contributed by atoms with Gasteiger partial charge in [0.25, 0.3) is 5.56 Å². The number of carbonyl (C=O) groups excluding carboxylic acids is 1. The maximum Gasteiger partial charge on any atom is 0.412 e. The number of nitrogens with zero attached hydrogens (tertiary/aromatic N) is 1. The summed E-state index contributed by atoms with van der Waals surface area (Å²) in [5.41, 5.74) is 18.1. The molecule has 3 aromatic rings. The van der Waals surface area contributed by atoms with Gasteiger partial charge >= 0.3 is 6.09 Å². The van der Waals surface area contributed by atoms with Gasteiger partial charge in [-0.3, -0.25) is 15.2 Å². The van der Waals surface area contributed by atoms with Crippen LogP contribution < -0.4 is 32.8 Å². The first kappa shape index (κ1) is 18.7. The van der Waals surface area contributed by atoms with Gasteiger partial charge in [0.05, 0.1) is 11.4 Å². The van der Waals surface area contributed by atoms with Gasteiger partial charge in [-0.1, -0.05) is 18.2 Å². The molecular formula is C18H20N6O4. The van der Waals surface area contributed by atoms with Gasteiger partial charge in [-0.05, 0) is 24.3 Å². The smallest absolute Gasteiger partial charge is 0.412 e. The van der Waals surface area contributed by atoms with Gasteiger partial charge in [-0.25, -0.2) is 9.48 Å². The first-order valence-corrected chi connectivity index (χ1v) is 8.33. The molecule has 0 aliphatic carbocycles. The Balaban J connectivity index is 1.55. The van der Waals surface area contributed by atoms with E-state index in [1.54, 1.807) is 42.5 Å². The zero-order chi connectivity index (χ0) is 20.1. The van der Waals surface area contributed by atoms with Crippen LogP contribution in [0.15, 0.2) is 53.3 Å². The molecule has 0 aliphatic rings. The van der Waals surface area contributed by atoms with Crippen LogP contribution in [-0.2, 0) is 4.74 Å². The number of H-pyrrole nitrogens is 1. The molecule has 0 unspecified atom stereocenters. The number of aromatic amines is 1. The van der Waals surface area contributed by atoms with Crippen LogP contribution in [0.2, 0.25) is 0 Å². The Bertz CT molecular complexity index is 1030. The number of para-hydroxylation sites is 1. The standard InChI is InChI=1S/C18H20N6O4/c19-11-6-7-13(20)14(10-11)27-8-9-28-18(26)22-16-15(21)17(25)24(23-16)12-4-2-1-3-5-12/h1-7,10,23H,8-9,19-21H2,(H,22,26). The number of hydrogen-bond acceptors (Lipinski definition) is 7. The topological polar surface area (TPSA) is 163 Å². The van der Waals surface area contributed by atoms with E-state index in [2.05, 4.69) is 10.4 Å². The van der Waals surface area contributed by atoms with E-state index in [0.717, 1.165) is 0 Å². The number of hydrogen-bond donors (Lipinski definition) is 5. The SMILES string of the molecule is Nc1ccc(N)c(OCCOC(=O)Nc2[nH]n(-c3ccccc3)c(=O)c2N)c1. The predicted molar refractivity (Wildman–Crippen MR) is 107 cm³/mol. The van der Waals surface area contributed by atoms with Crippen molar-refractivity contribution in [2.45, 2.75) is 0 Å². The summed E-state index contributed by atoms with van der Waals surface area (Å²) in [7, 11) is 0. The molecule has 28 heavy (non-hydrogen) atoms. The lowest BCUT2D eigenvalue weighted by Crippen LogP contribution is -2.19. The van der Waals surface area contributed by atoms with Crippen molar-refractivity contribution in [3.05, 3.63) is 58.9 Å². The molecule has 0 fully saturated rings. The highest BCUT2D eigenvalue weighted by molar-refractivity contribution is 5.87. The minimum absolute atomic E-state index is 0.0415. The lowest BCUT2D eigenvalue weighted by molar-refractivity contribution is 0.138. The van der Waals surface area contributed by atoms with E-state index in [4.69, 9.17) is 26.7 Å². The van der Waals surface area contributed by atoms with Crippen LogP contribution in [0.3, 0.4) is 0 Å². The molecule has 0 atom stereocenters. The second kappa shape index (κ2) is 8.08. The quantitative estimate of drug-likeness (QED) is 0.318. The number of carbonyl (C=O) groups is 1. The van der Waals surface area contributed by atoms with Crippen molar-refractivity contribution >= 4 is 29.0 Å². The predicted octanol–water partition coefficient (Wildman–Crippen LogP) is 1.54. The summed E-state index contributed by atoms with van der Waals surface area (Å²) in [6, 6.07) is 13.6. The summed E-state index contributed by atoms with van der Waals surface area (Å²) in [5, 5.41) is 5.13. The summed E-state index contributed by atoms with van der Waals surface area (Å²) in [5.74, 6) is 0.442. The Morgan fingerprint density at radius 2 is 1.82 bits per heavy atom. The average molecular weight is 384 g/mol.